The molecule has 0 saturated heterocycles. The second-order valence-electron chi connectivity index (χ2n) is 7.98. The smallest absolute Gasteiger partial charge is 0.235 e. The van der Waals surface area contributed by atoms with E-state index in [4.69, 9.17) is 0 Å². The molecule has 0 saturated carbocycles. The first kappa shape index (κ1) is 19.4. The van der Waals surface area contributed by atoms with Crippen LogP contribution in [-0.2, 0) is 16.8 Å². The minimum atomic E-state index is -0.601. The summed E-state index contributed by atoms with van der Waals surface area (Å²) in [5.41, 5.74) is 5.24. The van der Waals surface area contributed by atoms with Gasteiger partial charge in [0.25, 0.3) is 0 Å². The van der Waals surface area contributed by atoms with Gasteiger partial charge in [-0.2, -0.15) is 0 Å². The molecule has 0 aliphatic heterocycles. The van der Waals surface area contributed by atoms with Crippen LogP contribution in [0.5, 0.6) is 0 Å². The van der Waals surface area contributed by atoms with Gasteiger partial charge in [0.2, 0.25) is 5.91 Å². The van der Waals surface area contributed by atoms with E-state index in [2.05, 4.69) is 72.9 Å². The van der Waals surface area contributed by atoms with Crippen molar-refractivity contribution in [3.63, 3.8) is 0 Å². The van der Waals surface area contributed by atoms with Crippen LogP contribution in [0, 0.1) is 0 Å². The second kappa shape index (κ2) is 8.65. The number of amides is 1. The van der Waals surface area contributed by atoms with E-state index >= 15 is 0 Å². The fraction of sp³-hybridized carbons (Fsp3) is 0.296. The van der Waals surface area contributed by atoms with Gasteiger partial charge < -0.3 is 5.32 Å². The highest BCUT2D eigenvalue weighted by Crippen LogP contribution is 2.51. The zero-order valence-corrected chi connectivity index (χ0v) is 17.2. The largest absolute Gasteiger partial charge is 0.351 e. The standard InChI is InChI=1S/C27H29NO/c1-2-3-4-12-19-27(26(29)28-20-21-13-6-5-7-14-21)24-17-10-8-15-22(24)23-16-9-11-18-25(23)27/h5-11,13-18H,2-4,12,19-20H2,1H3,(H,28,29). The Kier molecular flexibility index (Phi) is 5.80. The van der Waals surface area contributed by atoms with Crippen molar-refractivity contribution in [3.05, 3.63) is 95.6 Å². The van der Waals surface area contributed by atoms with E-state index in [1.54, 1.807) is 0 Å². The number of hydrogen-bond donors (Lipinski definition) is 1. The molecule has 1 aliphatic rings. The molecule has 0 atom stereocenters. The molecule has 1 N–H and O–H groups in total. The molecule has 0 aromatic heterocycles. The molecule has 148 valence electrons. The molecule has 0 radical (unpaired) electrons. The Morgan fingerprint density at radius 1 is 0.759 bits per heavy atom. The lowest BCUT2D eigenvalue weighted by Crippen LogP contribution is -2.44. The monoisotopic (exact) mass is 383 g/mol. The maximum atomic E-state index is 13.8. The first-order valence-electron chi connectivity index (χ1n) is 10.8. The van der Waals surface area contributed by atoms with Crippen molar-refractivity contribution in [3.8, 4) is 11.1 Å². The number of fused-ring (bicyclic) bond motifs is 3. The van der Waals surface area contributed by atoms with Gasteiger partial charge in [-0.15, -0.1) is 0 Å². The highest BCUT2D eigenvalue weighted by atomic mass is 16.2. The van der Waals surface area contributed by atoms with Crippen LogP contribution in [0.4, 0.5) is 0 Å². The first-order chi connectivity index (χ1) is 14.3. The van der Waals surface area contributed by atoms with Gasteiger partial charge >= 0.3 is 0 Å². The van der Waals surface area contributed by atoms with E-state index in [9.17, 15) is 4.79 Å². The molecule has 1 amide bonds. The molecule has 0 bridgehead atoms. The maximum Gasteiger partial charge on any atom is 0.235 e. The van der Waals surface area contributed by atoms with Crippen molar-refractivity contribution in [2.45, 2.75) is 51.0 Å². The third-order valence-corrected chi connectivity index (χ3v) is 6.15. The van der Waals surface area contributed by atoms with Gasteiger partial charge in [-0.3, -0.25) is 4.79 Å². The van der Waals surface area contributed by atoms with Crippen LogP contribution < -0.4 is 5.32 Å². The van der Waals surface area contributed by atoms with E-state index in [1.807, 2.05) is 18.2 Å². The second-order valence-corrected chi connectivity index (χ2v) is 7.98. The zero-order valence-electron chi connectivity index (χ0n) is 17.2. The molecule has 0 fully saturated rings. The quantitative estimate of drug-likeness (QED) is 0.458. The molecule has 0 heterocycles. The Balaban J connectivity index is 1.72. The Morgan fingerprint density at radius 2 is 1.34 bits per heavy atom. The number of hydrogen-bond acceptors (Lipinski definition) is 1. The Hall–Kier alpha value is -2.87. The van der Waals surface area contributed by atoms with Gasteiger partial charge in [0.15, 0.2) is 0 Å². The molecule has 29 heavy (non-hydrogen) atoms. The lowest BCUT2D eigenvalue weighted by Gasteiger charge is -2.31. The summed E-state index contributed by atoms with van der Waals surface area (Å²) in [6.45, 7) is 2.78. The molecule has 2 nitrogen and oxygen atoms in total. The van der Waals surface area contributed by atoms with Crippen LogP contribution in [-0.4, -0.2) is 5.91 Å². The van der Waals surface area contributed by atoms with Crippen molar-refractivity contribution in [2.24, 2.45) is 0 Å². The van der Waals surface area contributed by atoms with E-state index < -0.39 is 5.41 Å². The summed E-state index contributed by atoms with van der Waals surface area (Å²) in [6, 6.07) is 27.1. The van der Waals surface area contributed by atoms with E-state index in [0.717, 1.165) is 36.0 Å². The van der Waals surface area contributed by atoms with E-state index in [1.165, 1.54) is 24.0 Å². The average Bonchev–Trinajstić information content (AvgIpc) is 3.07. The zero-order chi connectivity index (χ0) is 20.1. The van der Waals surface area contributed by atoms with E-state index in [-0.39, 0.29) is 5.91 Å². The summed E-state index contributed by atoms with van der Waals surface area (Å²) in [6.07, 6.45) is 5.47. The van der Waals surface area contributed by atoms with Crippen LogP contribution in [0.3, 0.4) is 0 Å². The number of rotatable bonds is 8. The van der Waals surface area contributed by atoms with Crippen molar-refractivity contribution in [1.82, 2.24) is 5.32 Å². The molecule has 2 heteroatoms. The number of carbonyl (C=O) groups excluding carboxylic acids is 1. The van der Waals surface area contributed by atoms with Crippen LogP contribution in [0.1, 0.15) is 55.7 Å². The summed E-state index contributed by atoms with van der Waals surface area (Å²) in [4.78, 5) is 13.8. The summed E-state index contributed by atoms with van der Waals surface area (Å²) >= 11 is 0. The van der Waals surface area contributed by atoms with Crippen LogP contribution >= 0.6 is 0 Å². The van der Waals surface area contributed by atoms with Gasteiger partial charge in [-0.25, -0.2) is 0 Å². The Bertz CT molecular complexity index is 931. The summed E-state index contributed by atoms with van der Waals surface area (Å²) in [5, 5.41) is 3.27. The van der Waals surface area contributed by atoms with Crippen LogP contribution in [0.2, 0.25) is 0 Å². The molecule has 3 aromatic rings. The lowest BCUT2D eigenvalue weighted by atomic mass is 9.73. The third-order valence-electron chi connectivity index (χ3n) is 6.15. The predicted molar refractivity (Wildman–Crippen MR) is 120 cm³/mol. The molecule has 1 aliphatic carbocycles. The fourth-order valence-corrected chi connectivity index (χ4v) is 4.70. The molecule has 0 spiro atoms. The highest BCUT2D eigenvalue weighted by Gasteiger charge is 2.48. The number of unbranched alkanes of at least 4 members (excludes halogenated alkanes) is 3. The summed E-state index contributed by atoms with van der Waals surface area (Å²) in [5.74, 6) is 0.121. The maximum absolute atomic E-state index is 13.8. The van der Waals surface area contributed by atoms with Gasteiger partial charge in [-0.05, 0) is 34.2 Å². The van der Waals surface area contributed by atoms with Crippen molar-refractivity contribution >= 4 is 5.91 Å². The van der Waals surface area contributed by atoms with Crippen molar-refractivity contribution in [1.29, 1.82) is 0 Å². The minimum absolute atomic E-state index is 0.121. The topological polar surface area (TPSA) is 29.1 Å². The number of nitrogens with one attached hydrogen (secondary N) is 1. The van der Waals surface area contributed by atoms with Gasteiger partial charge in [0.05, 0.1) is 0 Å². The van der Waals surface area contributed by atoms with Gasteiger partial charge in [-0.1, -0.05) is 111 Å². The third kappa shape index (κ3) is 3.60. The summed E-state index contributed by atoms with van der Waals surface area (Å²) < 4.78 is 0. The van der Waals surface area contributed by atoms with E-state index in [0.29, 0.717) is 6.54 Å². The number of benzene rings is 3. The summed E-state index contributed by atoms with van der Waals surface area (Å²) in [7, 11) is 0. The molecule has 3 aromatic carbocycles. The predicted octanol–water partition coefficient (Wildman–Crippen LogP) is 6.24. The lowest BCUT2D eigenvalue weighted by molar-refractivity contribution is -0.125. The minimum Gasteiger partial charge on any atom is -0.351 e. The SMILES string of the molecule is CCCCCCC1(C(=O)NCc2ccccc2)c2ccccc2-c2ccccc21. The fourth-order valence-electron chi connectivity index (χ4n) is 4.70. The van der Waals surface area contributed by atoms with Crippen LogP contribution in [0.25, 0.3) is 11.1 Å². The van der Waals surface area contributed by atoms with Crippen LogP contribution in [0.15, 0.2) is 78.9 Å². The average molecular weight is 384 g/mol. The van der Waals surface area contributed by atoms with Crippen molar-refractivity contribution in [2.75, 3.05) is 0 Å². The molecular weight excluding hydrogens is 354 g/mol. The molecular formula is C27H29NO. The normalized spacial score (nSPS) is 13.6. The molecule has 0 unspecified atom stereocenters. The van der Waals surface area contributed by atoms with Gasteiger partial charge in [0, 0.05) is 6.54 Å². The van der Waals surface area contributed by atoms with Crippen molar-refractivity contribution < 1.29 is 4.79 Å². The van der Waals surface area contributed by atoms with Gasteiger partial charge in [0.1, 0.15) is 5.41 Å². The molecule has 4 rings (SSSR count). The number of carbonyl (C=O) groups is 1. The first-order valence-corrected chi connectivity index (χ1v) is 10.8. The Morgan fingerprint density at radius 3 is 1.97 bits per heavy atom. The Labute approximate surface area is 174 Å². The highest BCUT2D eigenvalue weighted by molar-refractivity contribution is 6.00.